The summed E-state index contributed by atoms with van der Waals surface area (Å²) in [4.78, 5) is 13.0. The molecule has 5 nitrogen and oxygen atoms in total. The van der Waals surface area contributed by atoms with Crippen molar-refractivity contribution < 1.29 is 9.53 Å². The molecule has 0 aromatic rings. The first-order valence-electron chi connectivity index (χ1n) is 4.90. The first-order chi connectivity index (χ1) is 6.65. The zero-order chi connectivity index (χ0) is 10.6. The molecule has 1 amide bonds. The third-order valence-electron chi connectivity index (χ3n) is 2.39. The van der Waals surface area contributed by atoms with E-state index in [-0.39, 0.29) is 17.8 Å². The highest BCUT2D eigenvalue weighted by Crippen LogP contribution is 2.16. The van der Waals surface area contributed by atoms with Gasteiger partial charge < -0.3 is 15.4 Å². The fourth-order valence-corrected chi connectivity index (χ4v) is 1.61. The molecule has 1 aliphatic rings. The second kappa shape index (κ2) is 4.83. The minimum absolute atomic E-state index is 0.00755. The minimum Gasteiger partial charge on any atom is -0.450 e. The Kier molecular flexibility index (Phi) is 3.73. The van der Waals surface area contributed by atoms with Gasteiger partial charge in [-0.3, -0.25) is 5.41 Å². The Hall–Kier alpha value is -1.26. The number of piperidine rings is 1. The Morgan fingerprint density at radius 3 is 3.00 bits per heavy atom. The number of amidine groups is 1. The van der Waals surface area contributed by atoms with E-state index in [9.17, 15) is 4.79 Å². The molecule has 14 heavy (non-hydrogen) atoms. The van der Waals surface area contributed by atoms with Crippen LogP contribution in [-0.4, -0.2) is 36.5 Å². The lowest BCUT2D eigenvalue weighted by atomic mass is 9.97. The molecule has 80 valence electrons. The van der Waals surface area contributed by atoms with E-state index >= 15 is 0 Å². The first kappa shape index (κ1) is 10.8. The van der Waals surface area contributed by atoms with Crippen LogP contribution in [0.1, 0.15) is 19.8 Å². The molecule has 1 rings (SSSR count). The van der Waals surface area contributed by atoms with Gasteiger partial charge in [0, 0.05) is 19.0 Å². The molecule has 0 spiro atoms. The second-order valence-electron chi connectivity index (χ2n) is 3.44. The number of ether oxygens (including phenoxy) is 1. The average Bonchev–Trinajstić information content (AvgIpc) is 2.18. The van der Waals surface area contributed by atoms with Crippen molar-refractivity contribution >= 4 is 11.9 Å². The lowest BCUT2D eigenvalue weighted by molar-refractivity contribution is 0.0948. The Balaban J connectivity index is 2.47. The molecule has 0 aromatic heterocycles. The van der Waals surface area contributed by atoms with E-state index in [1.54, 1.807) is 11.8 Å². The summed E-state index contributed by atoms with van der Waals surface area (Å²) < 4.78 is 4.89. The molecule has 0 aliphatic carbocycles. The number of nitrogens with two attached hydrogens (primary N) is 1. The summed E-state index contributed by atoms with van der Waals surface area (Å²) in [5.41, 5.74) is 5.41. The number of nitrogens with zero attached hydrogens (tertiary/aromatic N) is 1. The molecular weight excluding hydrogens is 182 g/mol. The van der Waals surface area contributed by atoms with Crippen molar-refractivity contribution in [3.8, 4) is 0 Å². The summed E-state index contributed by atoms with van der Waals surface area (Å²) in [6.45, 7) is 3.40. The van der Waals surface area contributed by atoms with Gasteiger partial charge in [-0.2, -0.15) is 0 Å². The van der Waals surface area contributed by atoms with Gasteiger partial charge in [-0.15, -0.1) is 0 Å². The maximum atomic E-state index is 11.4. The largest absolute Gasteiger partial charge is 0.450 e. The number of rotatable bonds is 2. The number of hydrogen-bond acceptors (Lipinski definition) is 3. The Bertz CT molecular complexity index is 230. The highest BCUT2D eigenvalue weighted by atomic mass is 16.6. The maximum absolute atomic E-state index is 11.4. The maximum Gasteiger partial charge on any atom is 0.409 e. The van der Waals surface area contributed by atoms with Crippen LogP contribution in [-0.2, 0) is 4.74 Å². The molecule has 0 bridgehead atoms. The molecule has 1 heterocycles. The van der Waals surface area contributed by atoms with Crippen molar-refractivity contribution in [3.63, 3.8) is 0 Å². The SMILES string of the molecule is CCOC(=O)N1CCCC(C(=N)N)C1. The van der Waals surface area contributed by atoms with Gasteiger partial charge in [-0.05, 0) is 19.8 Å². The van der Waals surface area contributed by atoms with Gasteiger partial charge in [0.15, 0.2) is 0 Å². The first-order valence-corrected chi connectivity index (χ1v) is 4.90. The van der Waals surface area contributed by atoms with Crippen molar-refractivity contribution in [2.75, 3.05) is 19.7 Å². The van der Waals surface area contributed by atoms with Crippen LogP contribution in [0.3, 0.4) is 0 Å². The van der Waals surface area contributed by atoms with E-state index in [4.69, 9.17) is 15.9 Å². The van der Waals surface area contributed by atoms with Crippen LogP contribution in [0.2, 0.25) is 0 Å². The quantitative estimate of drug-likeness (QED) is 0.509. The van der Waals surface area contributed by atoms with Gasteiger partial charge >= 0.3 is 6.09 Å². The molecular formula is C9H17N3O2. The lowest BCUT2D eigenvalue weighted by Gasteiger charge is -2.31. The molecule has 1 atom stereocenters. The summed E-state index contributed by atoms with van der Waals surface area (Å²) in [5.74, 6) is 0.173. The van der Waals surface area contributed by atoms with Crippen LogP contribution < -0.4 is 5.73 Å². The van der Waals surface area contributed by atoms with Crippen molar-refractivity contribution in [2.24, 2.45) is 11.7 Å². The van der Waals surface area contributed by atoms with Gasteiger partial charge in [0.1, 0.15) is 0 Å². The fraction of sp³-hybridized carbons (Fsp3) is 0.778. The standard InChI is InChI=1S/C9H17N3O2/c1-2-14-9(13)12-5-3-4-7(6-12)8(10)11/h7H,2-6H2,1H3,(H3,10,11). The normalized spacial score (nSPS) is 21.8. The van der Waals surface area contributed by atoms with Gasteiger partial charge in [0.05, 0.1) is 12.4 Å². The Morgan fingerprint density at radius 1 is 1.71 bits per heavy atom. The fourth-order valence-electron chi connectivity index (χ4n) is 1.61. The number of carbonyl (C=O) groups is 1. The predicted molar refractivity (Wildman–Crippen MR) is 53.2 cm³/mol. The molecule has 1 unspecified atom stereocenters. The topological polar surface area (TPSA) is 79.4 Å². The van der Waals surface area contributed by atoms with Gasteiger partial charge in [-0.1, -0.05) is 0 Å². The van der Waals surface area contributed by atoms with E-state index in [0.29, 0.717) is 19.7 Å². The molecule has 1 aliphatic heterocycles. The molecule has 3 N–H and O–H groups in total. The summed E-state index contributed by atoms with van der Waals surface area (Å²) in [7, 11) is 0. The highest BCUT2D eigenvalue weighted by Gasteiger charge is 2.25. The van der Waals surface area contributed by atoms with Crippen LogP contribution in [0, 0.1) is 11.3 Å². The molecule has 0 aromatic carbocycles. The van der Waals surface area contributed by atoms with Crippen LogP contribution >= 0.6 is 0 Å². The van der Waals surface area contributed by atoms with E-state index < -0.39 is 0 Å². The van der Waals surface area contributed by atoms with E-state index in [2.05, 4.69) is 0 Å². The Labute approximate surface area is 83.7 Å². The van der Waals surface area contributed by atoms with Crippen LogP contribution in [0.15, 0.2) is 0 Å². The lowest BCUT2D eigenvalue weighted by Crippen LogP contribution is -2.44. The number of carbonyl (C=O) groups excluding carboxylic acids is 1. The van der Waals surface area contributed by atoms with Crippen LogP contribution in [0.25, 0.3) is 0 Å². The van der Waals surface area contributed by atoms with E-state index in [1.165, 1.54) is 0 Å². The molecule has 1 fully saturated rings. The number of nitrogens with one attached hydrogen (secondary N) is 1. The van der Waals surface area contributed by atoms with Gasteiger partial charge in [0.25, 0.3) is 0 Å². The molecule has 0 radical (unpaired) electrons. The summed E-state index contributed by atoms with van der Waals surface area (Å²) in [5, 5.41) is 7.32. The highest BCUT2D eigenvalue weighted by molar-refractivity contribution is 5.80. The van der Waals surface area contributed by atoms with Gasteiger partial charge in [0.2, 0.25) is 0 Å². The summed E-state index contributed by atoms with van der Waals surface area (Å²) in [6, 6.07) is 0. The molecule has 1 saturated heterocycles. The molecule has 0 saturated carbocycles. The zero-order valence-corrected chi connectivity index (χ0v) is 8.45. The van der Waals surface area contributed by atoms with Crippen LogP contribution in [0.5, 0.6) is 0 Å². The van der Waals surface area contributed by atoms with Crippen molar-refractivity contribution in [1.29, 1.82) is 5.41 Å². The zero-order valence-electron chi connectivity index (χ0n) is 8.45. The number of likely N-dealkylation sites (tertiary alicyclic amines) is 1. The smallest absolute Gasteiger partial charge is 0.409 e. The minimum atomic E-state index is -0.293. The van der Waals surface area contributed by atoms with Crippen molar-refractivity contribution in [2.45, 2.75) is 19.8 Å². The summed E-state index contributed by atoms with van der Waals surface area (Å²) in [6.07, 6.45) is 1.49. The monoisotopic (exact) mass is 199 g/mol. The van der Waals surface area contributed by atoms with Crippen molar-refractivity contribution in [1.82, 2.24) is 4.90 Å². The van der Waals surface area contributed by atoms with Crippen LogP contribution in [0.4, 0.5) is 4.79 Å². The third-order valence-corrected chi connectivity index (χ3v) is 2.39. The van der Waals surface area contributed by atoms with Gasteiger partial charge in [-0.25, -0.2) is 4.79 Å². The predicted octanol–water partition coefficient (Wildman–Crippen LogP) is 0.791. The average molecular weight is 199 g/mol. The molecule has 5 heteroatoms. The number of hydrogen-bond donors (Lipinski definition) is 2. The van der Waals surface area contributed by atoms with E-state index in [0.717, 1.165) is 12.8 Å². The second-order valence-corrected chi connectivity index (χ2v) is 3.44. The summed E-state index contributed by atoms with van der Waals surface area (Å²) >= 11 is 0. The van der Waals surface area contributed by atoms with E-state index in [1.807, 2.05) is 0 Å². The Morgan fingerprint density at radius 2 is 2.43 bits per heavy atom. The number of amides is 1. The van der Waals surface area contributed by atoms with Crippen molar-refractivity contribution in [3.05, 3.63) is 0 Å². The third kappa shape index (κ3) is 2.61.